The fourth-order valence-electron chi connectivity index (χ4n) is 1.20. The number of hydrogen-bond acceptors (Lipinski definition) is 3. The molecule has 1 aliphatic rings. The Morgan fingerprint density at radius 1 is 1.55 bits per heavy atom. The molecular weight excluding hydrogens is 140 g/mol. The summed E-state index contributed by atoms with van der Waals surface area (Å²) in [5.74, 6) is 1.08. The molecule has 56 valence electrons. The molecule has 1 N–H and O–H groups in total. The van der Waals surface area contributed by atoms with E-state index >= 15 is 0 Å². The molecule has 0 unspecified atom stereocenters. The molecule has 0 saturated carbocycles. The zero-order valence-electron chi connectivity index (χ0n) is 6.00. The lowest BCUT2D eigenvalue weighted by Crippen LogP contribution is -2.23. The molecule has 0 spiro atoms. The van der Waals surface area contributed by atoms with Crippen LogP contribution in [0.15, 0.2) is 18.3 Å². The van der Waals surface area contributed by atoms with Gasteiger partial charge in [0.05, 0.1) is 6.54 Å². The van der Waals surface area contributed by atoms with E-state index in [4.69, 9.17) is 0 Å². The number of carbonyl (C=O) groups excluding carboxylic acids is 1. The van der Waals surface area contributed by atoms with Crippen molar-refractivity contribution >= 4 is 11.6 Å². The molecule has 1 aliphatic heterocycles. The van der Waals surface area contributed by atoms with Gasteiger partial charge in [-0.05, 0) is 6.07 Å². The number of pyridine rings is 1. The first-order valence-corrected chi connectivity index (χ1v) is 3.56. The SMILES string of the molecule is O=C1CNc2ncccc2C1. The van der Waals surface area contributed by atoms with Gasteiger partial charge in [-0.2, -0.15) is 0 Å². The maximum absolute atomic E-state index is 10.9. The third-order valence-electron chi connectivity index (χ3n) is 1.73. The van der Waals surface area contributed by atoms with Crippen LogP contribution in [0.4, 0.5) is 5.82 Å². The molecule has 0 saturated heterocycles. The van der Waals surface area contributed by atoms with Gasteiger partial charge in [-0.1, -0.05) is 6.07 Å². The van der Waals surface area contributed by atoms with Gasteiger partial charge in [0.15, 0.2) is 5.78 Å². The second kappa shape index (κ2) is 2.34. The summed E-state index contributed by atoms with van der Waals surface area (Å²) in [6.07, 6.45) is 2.25. The van der Waals surface area contributed by atoms with E-state index in [0.29, 0.717) is 13.0 Å². The minimum absolute atomic E-state index is 0.227. The Hall–Kier alpha value is -1.38. The average Bonchev–Trinajstić information content (AvgIpc) is 2.04. The van der Waals surface area contributed by atoms with Crippen LogP contribution in [0.25, 0.3) is 0 Å². The smallest absolute Gasteiger partial charge is 0.156 e. The fraction of sp³-hybridized carbons (Fsp3) is 0.250. The minimum atomic E-state index is 0.227. The predicted molar refractivity (Wildman–Crippen MR) is 41.4 cm³/mol. The topological polar surface area (TPSA) is 42.0 Å². The molecule has 3 nitrogen and oxygen atoms in total. The first kappa shape index (κ1) is 6.34. The Kier molecular flexibility index (Phi) is 1.35. The van der Waals surface area contributed by atoms with E-state index in [1.54, 1.807) is 6.20 Å². The molecular formula is C8H8N2O. The number of hydrogen-bond donors (Lipinski definition) is 1. The second-order valence-electron chi connectivity index (χ2n) is 2.58. The standard InChI is InChI=1S/C8H8N2O/c11-7-4-6-2-1-3-9-8(6)10-5-7/h1-3H,4-5H2,(H,9,10). The maximum atomic E-state index is 10.9. The molecule has 0 aliphatic carbocycles. The Bertz CT molecular complexity index is 296. The van der Waals surface area contributed by atoms with Crippen molar-refractivity contribution in [2.24, 2.45) is 0 Å². The zero-order valence-corrected chi connectivity index (χ0v) is 6.00. The van der Waals surface area contributed by atoms with Crippen molar-refractivity contribution in [2.45, 2.75) is 6.42 Å². The first-order chi connectivity index (χ1) is 5.36. The van der Waals surface area contributed by atoms with Crippen molar-refractivity contribution in [1.82, 2.24) is 4.98 Å². The van der Waals surface area contributed by atoms with Crippen LogP contribution in [0.2, 0.25) is 0 Å². The van der Waals surface area contributed by atoms with Crippen molar-refractivity contribution < 1.29 is 4.79 Å². The minimum Gasteiger partial charge on any atom is -0.363 e. The number of anilines is 1. The molecule has 3 heteroatoms. The van der Waals surface area contributed by atoms with Crippen molar-refractivity contribution in [2.75, 3.05) is 11.9 Å². The van der Waals surface area contributed by atoms with Crippen LogP contribution < -0.4 is 5.32 Å². The van der Waals surface area contributed by atoms with Crippen molar-refractivity contribution in [3.05, 3.63) is 23.9 Å². The quantitative estimate of drug-likeness (QED) is 0.586. The van der Waals surface area contributed by atoms with Crippen molar-refractivity contribution in [3.63, 3.8) is 0 Å². The van der Waals surface area contributed by atoms with Crippen LogP contribution in [-0.2, 0) is 11.2 Å². The highest BCUT2D eigenvalue weighted by Crippen LogP contribution is 2.15. The number of rotatable bonds is 0. The third-order valence-corrected chi connectivity index (χ3v) is 1.73. The van der Waals surface area contributed by atoms with E-state index in [0.717, 1.165) is 11.4 Å². The van der Waals surface area contributed by atoms with E-state index in [1.165, 1.54) is 0 Å². The summed E-state index contributed by atoms with van der Waals surface area (Å²) in [7, 11) is 0. The molecule has 0 aromatic carbocycles. The lowest BCUT2D eigenvalue weighted by atomic mass is 10.1. The van der Waals surface area contributed by atoms with Gasteiger partial charge in [0, 0.05) is 18.2 Å². The maximum Gasteiger partial charge on any atom is 0.156 e. The summed E-state index contributed by atoms with van der Waals surface area (Å²) < 4.78 is 0. The van der Waals surface area contributed by atoms with Gasteiger partial charge in [0.1, 0.15) is 5.82 Å². The molecule has 0 bridgehead atoms. The highest BCUT2D eigenvalue weighted by molar-refractivity contribution is 5.88. The summed E-state index contributed by atoms with van der Waals surface area (Å²) >= 11 is 0. The number of Topliss-reactive ketones (excluding diaryl/α,β-unsaturated/α-hetero) is 1. The average molecular weight is 148 g/mol. The van der Waals surface area contributed by atoms with Gasteiger partial charge < -0.3 is 5.32 Å². The van der Waals surface area contributed by atoms with E-state index < -0.39 is 0 Å². The number of carbonyl (C=O) groups is 1. The van der Waals surface area contributed by atoms with Gasteiger partial charge in [-0.15, -0.1) is 0 Å². The predicted octanol–water partition coefficient (Wildman–Crippen LogP) is 0.619. The Labute approximate surface area is 64.5 Å². The third kappa shape index (κ3) is 1.09. The Balaban J connectivity index is 2.41. The lowest BCUT2D eigenvalue weighted by Gasteiger charge is -2.14. The van der Waals surface area contributed by atoms with Crippen molar-refractivity contribution in [1.29, 1.82) is 0 Å². The summed E-state index contributed by atoms with van der Waals surface area (Å²) in [5.41, 5.74) is 1.00. The van der Waals surface area contributed by atoms with E-state index in [1.807, 2.05) is 12.1 Å². The molecule has 0 atom stereocenters. The van der Waals surface area contributed by atoms with E-state index in [-0.39, 0.29) is 5.78 Å². The number of nitrogens with one attached hydrogen (secondary N) is 1. The molecule has 0 radical (unpaired) electrons. The van der Waals surface area contributed by atoms with Crippen LogP contribution in [-0.4, -0.2) is 17.3 Å². The summed E-state index contributed by atoms with van der Waals surface area (Å²) in [5, 5.41) is 2.95. The number of aromatic nitrogens is 1. The largest absolute Gasteiger partial charge is 0.363 e. The zero-order chi connectivity index (χ0) is 7.68. The van der Waals surface area contributed by atoms with Gasteiger partial charge in [-0.25, -0.2) is 4.98 Å². The van der Waals surface area contributed by atoms with Crippen LogP contribution >= 0.6 is 0 Å². The second-order valence-corrected chi connectivity index (χ2v) is 2.58. The number of ketones is 1. The monoisotopic (exact) mass is 148 g/mol. The molecule has 1 aromatic rings. The molecule has 2 heterocycles. The van der Waals surface area contributed by atoms with Crippen molar-refractivity contribution in [3.8, 4) is 0 Å². The van der Waals surface area contributed by atoms with E-state index in [2.05, 4.69) is 10.3 Å². The molecule has 1 aromatic heterocycles. The van der Waals surface area contributed by atoms with Crippen LogP contribution in [0, 0.1) is 0 Å². The van der Waals surface area contributed by atoms with Gasteiger partial charge >= 0.3 is 0 Å². The van der Waals surface area contributed by atoms with Gasteiger partial charge in [0.2, 0.25) is 0 Å². The fourth-order valence-corrected chi connectivity index (χ4v) is 1.20. The molecule has 0 fully saturated rings. The highest BCUT2D eigenvalue weighted by Gasteiger charge is 2.14. The van der Waals surface area contributed by atoms with Crippen LogP contribution in [0.1, 0.15) is 5.56 Å². The Morgan fingerprint density at radius 2 is 2.45 bits per heavy atom. The van der Waals surface area contributed by atoms with Crippen LogP contribution in [0.3, 0.4) is 0 Å². The van der Waals surface area contributed by atoms with Gasteiger partial charge in [-0.3, -0.25) is 4.79 Å². The van der Waals surface area contributed by atoms with Gasteiger partial charge in [0.25, 0.3) is 0 Å². The van der Waals surface area contributed by atoms with Crippen LogP contribution in [0.5, 0.6) is 0 Å². The lowest BCUT2D eigenvalue weighted by molar-refractivity contribution is -0.117. The first-order valence-electron chi connectivity index (χ1n) is 3.56. The number of nitrogens with zero attached hydrogens (tertiary/aromatic N) is 1. The summed E-state index contributed by atoms with van der Waals surface area (Å²) in [6, 6.07) is 3.77. The molecule has 2 rings (SSSR count). The molecule has 11 heavy (non-hydrogen) atoms. The summed E-state index contributed by atoms with van der Waals surface area (Å²) in [4.78, 5) is 15.0. The summed E-state index contributed by atoms with van der Waals surface area (Å²) in [6.45, 7) is 0.421. The highest BCUT2D eigenvalue weighted by atomic mass is 16.1. The molecule has 0 amide bonds. The Morgan fingerprint density at radius 3 is 3.36 bits per heavy atom. The van der Waals surface area contributed by atoms with E-state index in [9.17, 15) is 4.79 Å². The normalized spacial score (nSPS) is 15.5. The number of fused-ring (bicyclic) bond motifs is 1.